The number of halogens is 3. The third kappa shape index (κ3) is 4.22. The van der Waals surface area contributed by atoms with Gasteiger partial charge in [-0.05, 0) is 31.7 Å². The van der Waals surface area contributed by atoms with E-state index in [9.17, 15) is 22.8 Å². The van der Waals surface area contributed by atoms with Gasteiger partial charge < -0.3 is 14.6 Å². The van der Waals surface area contributed by atoms with Crippen LogP contribution in [0.2, 0.25) is 0 Å². The van der Waals surface area contributed by atoms with Crippen molar-refractivity contribution in [1.29, 1.82) is 0 Å². The van der Waals surface area contributed by atoms with Gasteiger partial charge in [0.1, 0.15) is 6.26 Å². The van der Waals surface area contributed by atoms with Crippen LogP contribution in [0.25, 0.3) is 0 Å². The average molecular weight is 372 g/mol. The molecule has 2 unspecified atom stereocenters. The molecule has 8 heteroatoms. The number of carbonyl (C=O) groups excluding carboxylic acids is 2. The van der Waals surface area contributed by atoms with E-state index in [1.807, 2.05) is 0 Å². The van der Waals surface area contributed by atoms with Crippen LogP contribution in [0.15, 0.2) is 23.0 Å². The molecule has 2 aliphatic rings. The molecule has 1 aromatic rings. The van der Waals surface area contributed by atoms with Crippen LogP contribution in [0.1, 0.15) is 48.9 Å². The molecular formula is C18H23F3N2O3. The van der Waals surface area contributed by atoms with E-state index in [1.54, 1.807) is 11.0 Å². The first-order valence-electron chi connectivity index (χ1n) is 9.05. The van der Waals surface area contributed by atoms with Gasteiger partial charge in [0.15, 0.2) is 0 Å². The lowest BCUT2D eigenvalue weighted by atomic mass is 9.78. The Morgan fingerprint density at radius 1 is 1.12 bits per heavy atom. The van der Waals surface area contributed by atoms with Crippen molar-refractivity contribution in [1.82, 2.24) is 10.2 Å². The molecule has 1 aliphatic carbocycles. The van der Waals surface area contributed by atoms with E-state index >= 15 is 0 Å². The Balaban J connectivity index is 1.52. The van der Waals surface area contributed by atoms with Gasteiger partial charge in [0.05, 0.1) is 17.7 Å². The Hall–Kier alpha value is -1.99. The second-order valence-electron chi connectivity index (χ2n) is 7.13. The van der Waals surface area contributed by atoms with E-state index in [0.717, 1.165) is 0 Å². The zero-order valence-electron chi connectivity index (χ0n) is 14.4. The molecule has 1 saturated carbocycles. The first kappa shape index (κ1) is 18.8. The van der Waals surface area contributed by atoms with Gasteiger partial charge in [-0.1, -0.05) is 12.8 Å². The van der Waals surface area contributed by atoms with Crippen LogP contribution < -0.4 is 5.32 Å². The zero-order chi connectivity index (χ0) is 18.7. The van der Waals surface area contributed by atoms with E-state index in [1.165, 1.54) is 12.5 Å². The number of furan rings is 1. The number of piperidine rings is 1. The van der Waals surface area contributed by atoms with Gasteiger partial charge in [-0.3, -0.25) is 9.59 Å². The van der Waals surface area contributed by atoms with Crippen molar-refractivity contribution in [2.45, 2.75) is 50.7 Å². The minimum Gasteiger partial charge on any atom is -0.472 e. The Kier molecular flexibility index (Phi) is 5.58. The molecule has 3 rings (SSSR count). The largest absolute Gasteiger partial charge is 0.472 e. The fourth-order valence-electron chi connectivity index (χ4n) is 3.94. The number of nitrogens with zero attached hydrogens (tertiary/aromatic N) is 1. The smallest absolute Gasteiger partial charge is 0.392 e. The summed E-state index contributed by atoms with van der Waals surface area (Å²) in [4.78, 5) is 26.3. The van der Waals surface area contributed by atoms with Crippen molar-refractivity contribution in [2.75, 3.05) is 13.1 Å². The maximum Gasteiger partial charge on any atom is 0.392 e. The van der Waals surface area contributed by atoms with Crippen molar-refractivity contribution >= 4 is 11.8 Å². The molecule has 144 valence electrons. The first-order chi connectivity index (χ1) is 12.4. The minimum absolute atomic E-state index is 0.0270. The quantitative estimate of drug-likeness (QED) is 0.885. The van der Waals surface area contributed by atoms with Crippen LogP contribution in [-0.4, -0.2) is 42.0 Å². The summed E-state index contributed by atoms with van der Waals surface area (Å²) in [6.07, 6.45) is 1.05. The maximum atomic E-state index is 13.2. The zero-order valence-corrected chi connectivity index (χ0v) is 14.4. The normalized spacial score (nSPS) is 25.1. The molecule has 1 saturated heterocycles. The molecule has 0 radical (unpaired) electrons. The van der Waals surface area contributed by atoms with Crippen LogP contribution >= 0.6 is 0 Å². The Bertz CT molecular complexity index is 622. The van der Waals surface area contributed by atoms with E-state index in [2.05, 4.69) is 5.32 Å². The molecule has 2 fully saturated rings. The number of carbonyl (C=O) groups is 2. The van der Waals surface area contributed by atoms with E-state index in [4.69, 9.17) is 4.42 Å². The fourth-order valence-corrected chi connectivity index (χ4v) is 3.94. The summed E-state index contributed by atoms with van der Waals surface area (Å²) >= 11 is 0. The predicted molar refractivity (Wildman–Crippen MR) is 87.3 cm³/mol. The highest BCUT2D eigenvalue weighted by molar-refractivity contribution is 5.93. The van der Waals surface area contributed by atoms with Crippen molar-refractivity contribution < 1.29 is 27.2 Å². The lowest BCUT2D eigenvalue weighted by Gasteiger charge is -2.35. The number of hydrogen-bond acceptors (Lipinski definition) is 3. The van der Waals surface area contributed by atoms with Crippen molar-refractivity contribution in [3.63, 3.8) is 0 Å². The van der Waals surface area contributed by atoms with Crippen LogP contribution in [0.5, 0.6) is 0 Å². The molecule has 0 aromatic carbocycles. The fraction of sp³-hybridized carbons (Fsp3) is 0.667. The molecule has 2 amide bonds. The van der Waals surface area contributed by atoms with Crippen LogP contribution in [0.3, 0.4) is 0 Å². The number of rotatable bonds is 3. The molecular weight excluding hydrogens is 349 g/mol. The summed E-state index contributed by atoms with van der Waals surface area (Å²) in [5.74, 6) is -3.16. The lowest BCUT2D eigenvalue weighted by Crippen LogP contribution is -2.50. The third-order valence-electron chi connectivity index (χ3n) is 5.42. The van der Waals surface area contributed by atoms with Gasteiger partial charge >= 0.3 is 6.18 Å². The Morgan fingerprint density at radius 2 is 1.81 bits per heavy atom. The molecule has 5 nitrogen and oxygen atoms in total. The SMILES string of the molecule is O=C(NC1CCN(C(=O)c2ccoc2)CC1)C1CCCCC1C(F)(F)F. The number of nitrogens with one attached hydrogen (secondary N) is 1. The second-order valence-corrected chi connectivity index (χ2v) is 7.13. The summed E-state index contributed by atoms with van der Waals surface area (Å²) in [7, 11) is 0. The number of amides is 2. The summed E-state index contributed by atoms with van der Waals surface area (Å²) in [5.41, 5.74) is 0.475. The van der Waals surface area contributed by atoms with Crippen LogP contribution in [0, 0.1) is 11.8 Å². The van der Waals surface area contributed by atoms with Crippen molar-refractivity contribution in [2.24, 2.45) is 11.8 Å². The van der Waals surface area contributed by atoms with Crippen molar-refractivity contribution in [3.05, 3.63) is 24.2 Å². The van der Waals surface area contributed by atoms with Gasteiger partial charge in [0, 0.05) is 25.0 Å². The van der Waals surface area contributed by atoms with Gasteiger partial charge in [0.25, 0.3) is 5.91 Å². The molecule has 2 atom stereocenters. The summed E-state index contributed by atoms with van der Waals surface area (Å²) in [5, 5.41) is 2.79. The standard InChI is InChI=1S/C18H23F3N2O3/c19-18(20,21)15-4-2-1-3-14(15)16(24)22-13-5-8-23(9-6-13)17(25)12-7-10-26-11-12/h7,10-11,13-15H,1-6,8-9H2,(H,22,24). The maximum absolute atomic E-state index is 13.2. The monoisotopic (exact) mass is 372 g/mol. The van der Waals surface area contributed by atoms with Crippen LogP contribution in [0.4, 0.5) is 13.2 Å². The number of likely N-dealkylation sites (tertiary alicyclic amines) is 1. The van der Waals surface area contributed by atoms with E-state index < -0.39 is 23.9 Å². The minimum atomic E-state index is -4.33. The molecule has 2 heterocycles. The summed E-state index contributed by atoms with van der Waals surface area (Å²) < 4.78 is 44.4. The Labute approximate surface area is 149 Å². The van der Waals surface area contributed by atoms with Gasteiger partial charge in [-0.25, -0.2) is 0 Å². The van der Waals surface area contributed by atoms with Gasteiger partial charge in [-0.15, -0.1) is 0 Å². The molecule has 1 aliphatic heterocycles. The summed E-state index contributed by atoms with van der Waals surface area (Å²) in [6, 6.07) is 1.41. The Morgan fingerprint density at radius 3 is 2.42 bits per heavy atom. The number of hydrogen-bond donors (Lipinski definition) is 1. The molecule has 1 N–H and O–H groups in total. The van der Waals surface area contributed by atoms with E-state index in [0.29, 0.717) is 44.3 Å². The summed E-state index contributed by atoms with van der Waals surface area (Å²) in [6.45, 7) is 0.921. The number of alkyl halides is 3. The lowest BCUT2D eigenvalue weighted by molar-refractivity contribution is -0.198. The third-order valence-corrected chi connectivity index (χ3v) is 5.42. The highest BCUT2D eigenvalue weighted by Crippen LogP contribution is 2.41. The molecule has 0 bridgehead atoms. The first-order valence-corrected chi connectivity index (χ1v) is 9.05. The van der Waals surface area contributed by atoms with Crippen LogP contribution in [-0.2, 0) is 4.79 Å². The molecule has 0 spiro atoms. The highest BCUT2D eigenvalue weighted by atomic mass is 19.4. The predicted octanol–water partition coefficient (Wildman–Crippen LogP) is 3.37. The highest BCUT2D eigenvalue weighted by Gasteiger charge is 2.48. The average Bonchev–Trinajstić information content (AvgIpc) is 3.15. The van der Waals surface area contributed by atoms with Gasteiger partial charge in [0.2, 0.25) is 5.91 Å². The van der Waals surface area contributed by atoms with E-state index in [-0.39, 0.29) is 24.8 Å². The van der Waals surface area contributed by atoms with Gasteiger partial charge in [-0.2, -0.15) is 13.2 Å². The second kappa shape index (κ2) is 7.72. The molecule has 1 aromatic heterocycles. The topological polar surface area (TPSA) is 62.6 Å². The molecule has 26 heavy (non-hydrogen) atoms. The van der Waals surface area contributed by atoms with Crippen molar-refractivity contribution in [3.8, 4) is 0 Å².